The fourth-order valence-corrected chi connectivity index (χ4v) is 3.05. The molecule has 6 heteroatoms. The van der Waals surface area contributed by atoms with E-state index in [2.05, 4.69) is 4.90 Å². The average Bonchev–Trinajstić information content (AvgIpc) is 2.46. The van der Waals surface area contributed by atoms with E-state index in [1.807, 2.05) is 25.9 Å². The van der Waals surface area contributed by atoms with Crippen LogP contribution in [0.4, 0.5) is 4.79 Å². The van der Waals surface area contributed by atoms with Crippen molar-refractivity contribution in [2.75, 3.05) is 46.9 Å². The summed E-state index contributed by atoms with van der Waals surface area (Å²) in [7, 11) is 3.62. The van der Waals surface area contributed by atoms with Crippen LogP contribution in [0.5, 0.6) is 0 Å². The zero-order valence-corrected chi connectivity index (χ0v) is 12.9. The lowest BCUT2D eigenvalue weighted by atomic mass is 10.0. The van der Waals surface area contributed by atoms with Gasteiger partial charge in [0, 0.05) is 52.4 Å². The summed E-state index contributed by atoms with van der Waals surface area (Å²) in [5, 5.41) is 0. The average molecular weight is 284 g/mol. The zero-order valence-electron chi connectivity index (χ0n) is 12.9. The molecule has 20 heavy (non-hydrogen) atoms. The summed E-state index contributed by atoms with van der Waals surface area (Å²) in [6, 6.07) is 0.762. The Balaban J connectivity index is 1.83. The van der Waals surface area contributed by atoms with Crippen molar-refractivity contribution in [3.05, 3.63) is 0 Å². The predicted octanol–water partition coefficient (Wildman–Crippen LogP) is 0.180. The van der Waals surface area contributed by atoms with Crippen molar-refractivity contribution in [1.29, 1.82) is 0 Å². The van der Waals surface area contributed by atoms with Gasteiger partial charge in [0.25, 0.3) is 0 Å². The summed E-state index contributed by atoms with van der Waals surface area (Å²) in [4.78, 5) is 18.0. The van der Waals surface area contributed by atoms with Gasteiger partial charge in [-0.25, -0.2) is 4.79 Å². The van der Waals surface area contributed by atoms with Gasteiger partial charge in [0.1, 0.15) is 0 Å². The monoisotopic (exact) mass is 284 g/mol. The van der Waals surface area contributed by atoms with Crippen LogP contribution in [0.15, 0.2) is 0 Å². The number of rotatable bonds is 2. The van der Waals surface area contributed by atoms with Crippen molar-refractivity contribution >= 4 is 6.03 Å². The Morgan fingerprint density at radius 1 is 1.30 bits per heavy atom. The Labute approximate surface area is 121 Å². The molecule has 0 aromatic heterocycles. The molecule has 0 bridgehead atoms. The molecule has 2 fully saturated rings. The molecular weight excluding hydrogens is 256 g/mol. The molecule has 2 saturated heterocycles. The molecule has 2 atom stereocenters. The Hall–Kier alpha value is -0.850. The van der Waals surface area contributed by atoms with Crippen LogP contribution in [0.3, 0.4) is 0 Å². The van der Waals surface area contributed by atoms with Gasteiger partial charge in [-0.05, 0) is 19.8 Å². The third-order valence-corrected chi connectivity index (χ3v) is 4.35. The number of likely N-dealkylation sites (tertiary alicyclic amines) is 1. The van der Waals surface area contributed by atoms with E-state index in [1.54, 1.807) is 4.90 Å². The Morgan fingerprint density at radius 2 is 1.95 bits per heavy atom. The maximum absolute atomic E-state index is 11.9. The summed E-state index contributed by atoms with van der Waals surface area (Å²) in [5.41, 5.74) is 5.94. The fraction of sp³-hybridized carbons (Fsp3) is 0.929. The van der Waals surface area contributed by atoms with E-state index in [0.717, 1.165) is 45.6 Å². The smallest absolute Gasteiger partial charge is 0.319 e. The molecule has 2 aliphatic rings. The van der Waals surface area contributed by atoms with E-state index < -0.39 is 0 Å². The number of morpholine rings is 1. The van der Waals surface area contributed by atoms with Crippen LogP contribution in [0.1, 0.15) is 19.8 Å². The lowest BCUT2D eigenvalue weighted by Crippen LogP contribution is -2.55. The zero-order chi connectivity index (χ0) is 14.7. The fourth-order valence-electron chi connectivity index (χ4n) is 3.05. The SMILES string of the molecule is CC(N)C1CN(C2CCN(C(=O)N(C)C)CC2)CCO1. The van der Waals surface area contributed by atoms with Gasteiger partial charge < -0.3 is 20.3 Å². The molecule has 0 aliphatic carbocycles. The first-order valence-corrected chi connectivity index (χ1v) is 7.56. The molecule has 0 aromatic carbocycles. The molecule has 0 saturated carbocycles. The first-order valence-electron chi connectivity index (χ1n) is 7.56. The predicted molar refractivity (Wildman–Crippen MR) is 78.6 cm³/mol. The summed E-state index contributed by atoms with van der Waals surface area (Å²) in [6.07, 6.45) is 2.24. The number of hydrogen-bond acceptors (Lipinski definition) is 4. The van der Waals surface area contributed by atoms with Crippen molar-refractivity contribution in [3.8, 4) is 0 Å². The van der Waals surface area contributed by atoms with Crippen molar-refractivity contribution in [3.63, 3.8) is 0 Å². The highest BCUT2D eigenvalue weighted by Crippen LogP contribution is 2.20. The highest BCUT2D eigenvalue weighted by molar-refractivity contribution is 5.73. The Bertz CT molecular complexity index is 327. The third kappa shape index (κ3) is 3.62. The van der Waals surface area contributed by atoms with Gasteiger partial charge in [-0.15, -0.1) is 0 Å². The van der Waals surface area contributed by atoms with Crippen molar-refractivity contribution in [2.24, 2.45) is 5.73 Å². The number of nitrogens with zero attached hydrogens (tertiary/aromatic N) is 3. The first-order chi connectivity index (χ1) is 9.49. The van der Waals surface area contributed by atoms with E-state index in [1.165, 1.54) is 0 Å². The number of hydrogen-bond donors (Lipinski definition) is 1. The normalized spacial score (nSPS) is 27.4. The second-order valence-electron chi connectivity index (χ2n) is 6.16. The van der Waals surface area contributed by atoms with Gasteiger partial charge in [0.2, 0.25) is 0 Å². The summed E-state index contributed by atoms with van der Waals surface area (Å²) < 4.78 is 5.71. The molecule has 0 radical (unpaired) electrons. The van der Waals surface area contributed by atoms with Gasteiger partial charge in [0.15, 0.2) is 0 Å². The van der Waals surface area contributed by atoms with Gasteiger partial charge in [-0.3, -0.25) is 4.90 Å². The van der Waals surface area contributed by atoms with Crippen LogP contribution in [-0.2, 0) is 4.74 Å². The number of carbonyl (C=O) groups is 1. The minimum Gasteiger partial charge on any atom is -0.374 e. The number of ether oxygens (including phenoxy) is 1. The first kappa shape index (κ1) is 15.5. The number of carbonyl (C=O) groups excluding carboxylic acids is 1. The maximum atomic E-state index is 11.9. The van der Waals surface area contributed by atoms with Crippen molar-refractivity contribution in [1.82, 2.24) is 14.7 Å². The molecular formula is C14H28N4O2. The Morgan fingerprint density at radius 3 is 2.50 bits per heavy atom. The van der Waals surface area contributed by atoms with Crippen LogP contribution in [0.25, 0.3) is 0 Å². The summed E-state index contributed by atoms with van der Waals surface area (Å²) in [6.45, 7) is 6.37. The highest BCUT2D eigenvalue weighted by atomic mass is 16.5. The van der Waals surface area contributed by atoms with E-state index in [9.17, 15) is 4.79 Å². The maximum Gasteiger partial charge on any atom is 0.319 e. The molecule has 0 aromatic rings. The van der Waals surface area contributed by atoms with E-state index >= 15 is 0 Å². The van der Waals surface area contributed by atoms with Crippen LogP contribution in [0.2, 0.25) is 0 Å². The van der Waals surface area contributed by atoms with E-state index in [-0.39, 0.29) is 18.2 Å². The van der Waals surface area contributed by atoms with Gasteiger partial charge >= 0.3 is 6.03 Å². The van der Waals surface area contributed by atoms with Gasteiger partial charge in [0.05, 0.1) is 12.7 Å². The minimum absolute atomic E-state index is 0.0770. The van der Waals surface area contributed by atoms with Gasteiger partial charge in [-0.1, -0.05) is 0 Å². The summed E-state index contributed by atoms with van der Waals surface area (Å²) >= 11 is 0. The minimum atomic E-state index is 0.0770. The topological polar surface area (TPSA) is 62.0 Å². The number of piperidine rings is 1. The van der Waals surface area contributed by atoms with E-state index in [0.29, 0.717) is 6.04 Å². The molecule has 2 unspecified atom stereocenters. The standard InChI is InChI=1S/C14H28N4O2/c1-11(15)13-10-18(8-9-20-13)12-4-6-17(7-5-12)14(19)16(2)3/h11-13H,4-10,15H2,1-3H3. The lowest BCUT2D eigenvalue weighted by molar-refractivity contribution is -0.0581. The van der Waals surface area contributed by atoms with Crippen molar-refractivity contribution in [2.45, 2.75) is 38.0 Å². The number of urea groups is 1. The molecule has 2 N–H and O–H groups in total. The second-order valence-corrected chi connectivity index (χ2v) is 6.16. The molecule has 2 rings (SSSR count). The van der Waals surface area contributed by atoms with Gasteiger partial charge in [-0.2, -0.15) is 0 Å². The van der Waals surface area contributed by atoms with Crippen LogP contribution in [-0.4, -0.2) is 85.8 Å². The third-order valence-electron chi connectivity index (χ3n) is 4.35. The summed E-state index contributed by atoms with van der Waals surface area (Å²) in [5.74, 6) is 0. The largest absolute Gasteiger partial charge is 0.374 e. The second kappa shape index (κ2) is 6.74. The molecule has 6 nitrogen and oxygen atoms in total. The lowest BCUT2D eigenvalue weighted by Gasteiger charge is -2.43. The number of nitrogens with two attached hydrogens (primary N) is 1. The number of amides is 2. The van der Waals surface area contributed by atoms with Crippen LogP contribution >= 0.6 is 0 Å². The quantitative estimate of drug-likeness (QED) is 0.786. The molecule has 0 spiro atoms. The highest BCUT2D eigenvalue weighted by Gasteiger charge is 2.31. The van der Waals surface area contributed by atoms with E-state index in [4.69, 9.17) is 10.5 Å². The Kier molecular flexibility index (Phi) is 5.23. The molecule has 2 aliphatic heterocycles. The van der Waals surface area contributed by atoms with Crippen molar-refractivity contribution < 1.29 is 9.53 Å². The van der Waals surface area contributed by atoms with Crippen LogP contribution in [0, 0.1) is 0 Å². The molecule has 116 valence electrons. The van der Waals surface area contributed by atoms with Crippen LogP contribution < -0.4 is 5.73 Å². The molecule has 2 heterocycles. The molecule has 2 amide bonds.